The van der Waals surface area contributed by atoms with Gasteiger partial charge in [-0.15, -0.1) is 0 Å². The van der Waals surface area contributed by atoms with Gasteiger partial charge in [0.05, 0.1) is 0 Å². The monoisotopic (exact) mass is 494 g/mol. The zero-order chi connectivity index (χ0) is 23.7. The Bertz CT molecular complexity index is 932. The van der Waals surface area contributed by atoms with Gasteiger partial charge in [-0.25, -0.2) is 4.57 Å². The second-order valence-corrected chi connectivity index (χ2v) is 10.5. The molecule has 0 fully saturated rings. The minimum Gasteiger partial charge on any atom is -0.736 e. The molecule has 0 saturated heterocycles. The molecular weight excluding hydrogens is 454 g/mol. The summed E-state index contributed by atoms with van der Waals surface area (Å²) in [7, 11) is -4.56. The average Bonchev–Trinajstić information content (AvgIpc) is 2.89. The molecule has 0 aromatic heterocycles. The molecule has 4 nitrogen and oxygen atoms in total. The molecule has 182 valence electrons. The Balaban J connectivity index is 0.00000408. The van der Waals surface area contributed by atoms with E-state index in [0.29, 0.717) is 17.9 Å². The number of aryl methyl sites for hydroxylation is 5. The number of phosphoric acid groups is 1. The molecule has 1 aliphatic rings. The van der Waals surface area contributed by atoms with Gasteiger partial charge < -0.3 is 13.9 Å². The van der Waals surface area contributed by atoms with Crippen molar-refractivity contribution in [2.24, 2.45) is 0 Å². The number of hydrogen-bond acceptors (Lipinski definition) is 4. The minimum absolute atomic E-state index is 0. The van der Waals surface area contributed by atoms with Crippen LogP contribution in [0, 0.1) is 0 Å². The van der Waals surface area contributed by atoms with E-state index in [-0.39, 0.29) is 29.6 Å². The van der Waals surface area contributed by atoms with Crippen LogP contribution in [0.5, 0.6) is 11.5 Å². The van der Waals surface area contributed by atoms with Gasteiger partial charge in [0.25, 0.3) is 0 Å². The summed E-state index contributed by atoms with van der Waals surface area (Å²) in [6.45, 7) is 6.42. The molecular formula is C28H40NaO4P. The normalized spacial score (nSPS) is 14.6. The Morgan fingerprint density at radius 3 is 1.97 bits per heavy atom. The Morgan fingerprint density at radius 2 is 1.41 bits per heavy atom. The van der Waals surface area contributed by atoms with E-state index in [4.69, 9.17) is 9.05 Å². The minimum atomic E-state index is -4.56. The smallest absolute Gasteiger partial charge is 0.736 e. The molecule has 1 aliphatic carbocycles. The van der Waals surface area contributed by atoms with E-state index in [9.17, 15) is 9.46 Å². The van der Waals surface area contributed by atoms with Gasteiger partial charge in [0.2, 0.25) is 0 Å². The molecule has 1 atom stereocenters. The maximum Gasteiger partial charge on any atom is 1.00 e. The summed E-state index contributed by atoms with van der Waals surface area (Å²) < 4.78 is 24.1. The molecule has 0 radical (unpaired) electrons. The summed E-state index contributed by atoms with van der Waals surface area (Å²) >= 11 is 0. The third kappa shape index (κ3) is 8.71. The van der Waals surface area contributed by atoms with E-state index in [0.717, 1.165) is 68.1 Å². The quantitative estimate of drug-likeness (QED) is 0.233. The zero-order valence-corrected chi connectivity index (χ0v) is 24.6. The van der Waals surface area contributed by atoms with Crippen molar-refractivity contribution in [3.8, 4) is 11.5 Å². The molecule has 0 amide bonds. The summed E-state index contributed by atoms with van der Waals surface area (Å²) in [4.78, 5) is 13.0. The van der Waals surface area contributed by atoms with Crippen molar-refractivity contribution in [2.45, 2.75) is 104 Å². The largest absolute Gasteiger partial charge is 1.00 e. The predicted molar refractivity (Wildman–Crippen MR) is 134 cm³/mol. The summed E-state index contributed by atoms with van der Waals surface area (Å²) in [5.74, 6) is 0.878. The number of fused-ring (bicyclic) bond motifs is 2. The van der Waals surface area contributed by atoms with Crippen molar-refractivity contribution in [1.82, 2.24) is 0 Å². The van der Waals surface area contributed by atoms with Gasteiger partial charge in [0.1, 0.15) is 11.5 Å². The number of hydrogen-bond donors (Lipinski definition) is 0. The van der Waals surface area contributed by atoms with Crippen molar-refractivity contribution in [3.63, 3.8) is 0 Å². The summed E-state index contributed by atoms with van der Waals surface area (Å²) in [5.41, 5.74) is 5.41. The average molecular weight is 495 g/mol. The molecule has 0 heterocycles. The van der Waals surface area contributed by atoms with Crippen LogP contribution in [0.1, 0.15) is 100.0 Å². The molecule has 2 bridgehead atoms. The van der Waals surface area contributed by atoms with Crippen molar-refractivity contribution >= 4 is 7.82 Å². The van der Waals surface area contributed by atoms with Crippen LogP contribution < -0.4 is 43.5 Å². The first-order valence-corrected chi connectivity index (χ1v) is 14.4. The Hall–Kier alpha value is -0.770. The van der Waals surface area contributed by atoms with Crippen LogP contribution in [-0.4, -0.2) is 0 Å². The van der Waals surface area contributed by atoms with E-state index in [1.54, 1.807) is 6.07 Å². The van der Waals surface area contributed by atoms with Crippen molar-refractivity contribution in [3.05, 3.63) is 58.1 Å². The van der Waals surface area contributed by atoms with Crippen molar-refractivity contribution in [2.75, 3.05) is 0 Å². The molecule has 0 spiro atoms. The van der Waals surface area contributed by atoms with Crippen molar-refractivity contribution in [1.29, 1.82) is 0 Å². The standard InChI is InChI=1S/C28H41O4P.Na/c1-4-7-9-13-22-17-18-27(24(6-3)19-22)31-33(29,30)32-28-25-15-11-12-16-26(28)21-23(20-25)14-10-8-5-2;/h17-21H,4-16H2,1-3H3,(H,29,30);/q;+1/p-1. The molecule has 6 heteroatoms. The van der Waals surface area contributed by atoms with E-state index in [1.807, 2.05) is 13.0 Å². The van der Waals surface area contributed by atoms with Crippen LogP contribution in [-0.2, 0) is 36.7 Å². The van der Waals surface area contributed by atoms with Gasteiger partial charge in [-0.1, -0.05) is 70.7 Å². The van der Waals surface area contributed by atoms with Gasteiger partial charge >= 0.3 is 37.4 Å². The first-order chi connectivity index (χ1) is 16.0. The maximum atomic E-state index is 13.0. The topological polar surface area (TPSA) is 58.6 Å². The van der Waals surface area contributed by atoms with E-state index >= 15 is 0 Å². The molecule has 3 rings (SSSR count). The van der Waals surface area contributed by atoms with Gasteiger partial charge in [-0.05, 0) is 91.7 Å². The SMILES string of the molecule is CCCCCc1ccc(OP(=O)([O-])Oc2c3cc(CCCCC)cc2CCCC3)c(CC)c1.[Na+]. The van der Waals surface area contributed by atoms with Crippen LogP contribution in [0.3, 0.4) is 0 Å². The third-order valence-corrected chi connectivity index (χ3v) is 7.33. The van der Waals surface area contributed by atoms with Crippen LogP contribution in [0.25, 0.3) is 0 Å². The fourth-order valence-corrected chi connectivity index (χ4v) is 5.57. The summed E-state index contributed by atoms with van der Waals surface area (Å²) in [6, 6.07) is 10.1. The first-order valence-electron chi connectivity index (χ1n) is 12.9. The van der Waals surface area contributed by atoms with Gasteiger partial charge in [-0.2, -0.15) is 0 Å². The number of unbranched alkanes of at least 4 members (excludes halogenated alkanes) is 4. The van der Waals surface area contributed by atoms with E-state index < -0.39 is 7.82 Å². The third-order valence-electron chi connectivity index (χ3n) is 6.50. The van der Waals surface area contributed by atoms with Crippen LogP contribution in [0.2, 0.25) is 0 Å². The van der Waals surface area contributed by atoms with E-state index in [2.05, 4.69) is 32.0 Å². The second kappa shape index (κ2) is 14.7. The molecule has 0 aliphatic heterocycles. The Labute approximate surface area is 228 Å². The summed E-state index contributed by atoms with van der Waals surface area (Å²) in [5, 5.41) is 0. The summed E-state index contributed by atoms with van der Waals surface area (Å²) in [6.07, 6.45) is 13.6. The second-order valence-electron chi connectivity index (χ2n) is 9.29. The number of rotatable bonds is 13. The van der Waals surface area contributed by atoms with Crippen LogP contribution >= 0.6 is 7.82 Å². The molecule has 2 aromatic carbocycles. The molecule has 0 saturated carbocycles. The van der Waals surface area contributed by atoms with Gasteiger partial charge in [0.15, 0.2) is 0 Å². The molecule has 0 N–H and O–H groups in total. The van der Waals surface area contributed by atoms with Crippen molar-refractivity contribution < 1.29 is 48.1 Å². The first kappa shape index (κ1) is 29.5. The van der Waals surface area contributed by atoms with Crippen LogP contribution in [0.15, 0.2) is 30.3 Å². The van der Waals surface area contributed by atoms with Gasteiger partial charge in [-0.3, -0.25) is 0 Å². The fraction of sp³-hybridized carbons (Fsp3) is 0.571. The molecule has 2 aromatic rings. The molecule has 1 unspecified atom stereocenters. The maximum absolute atomic E-state index is 13.0. The Morgan fingerprint density at radius 1 is 0.824 bits per heavy atom. The number of phosphoric ester groups is 1. The number of benzene rings is 2. The predicted octanol–water partition coefficient (Wildman–Crippen LogP) is 4.52. The van der Waals surface area contributed by atoms with E-state index in [1.165, 1.54) is 36.8 Å². The van der Waals surface area contributed by atoms with Gasteiger partial charge in [0, 0.05) is 0 Å². The Kier molecular flexibility index (Phi) is 12.7. The van der Waals surface area contributed by atoms with Crippen LogP contribution in [0.4, 0.5) is 0 Å². The zero-order valence-electron chi connectivity index (χ0n) is 21.7. The fourth-order valence-electron chi connectivity index (χ4n) is 4.65. The molecule has 34 heavy (non-hydrogen) atoms.